The van der Waals surface area contributed by atoms with Crippen LogP contribution in [-0.2, 0) is 4.79 Å². The Bertz CT molecular complexity index is 1150. The van der Waals surface area contributed by atoms with Gasteiger partial charge in [-0.05, 0) is 63.3 Å². The number of methoxy groups -OCH3 is 1. The lowest BCUT2D eigenvalue weighted by atomic mass is 9.94. The monoisotopic (exact) mass is 433 g/mol. The number of benzene rings is 2. The summed E-state index contributed by atoms with van der Waals surface area (Å²) < 4.78 is 11.8. The summed E-state index contributed by atoms with van der Waals surface area (Å²) in [5, 5.41) is 1.03. The number of hydrogen-bond donors (Lipinski definition) is 0. The Hall–Kier alpha value is -3.01. The van der Waals surface area contributed by atoms with Crippen molar-refractivity contribution in [2.24, 2.45) is 0 Å². The minimum Gasteiger partial charge on any atom is -0.496 e. The highest BCUT2D eigenvalue weighted by molar-refractivity contribution is 6.02. The highest BCUT2D eigenvalue weighted by Crippen LogP contribution is 2.41. The number of ether oxygens (including phenoxy) is 1. The first-order chi connectivity index (χ1) is 15.3. The van der Waals surface area contributed by atoms with E-state index in [1.165, 1.54) is 11.1 Å². The molecule has 3 aromatic rings. The molecule has 4 nitrogen and oxygen atoms in total. The average Bonchev–Trinajstić information content (AvgIpc) is 3.17. The van der Waals surface area contributed by atoms with Crippen LogP contribution >= 0.6 is 0 Å². The van der Waals surface area contributed by atoms with Gasteiger partial charge >= 0.3 is 0 Å². The van der Waals surface area contributed by atoms with Crippen LogP contribution in [0.5, 0.6) is 5.75 Å². The van der Waals surface area contributed by atoms with Crippen LogP contribution in [0.15, 0.2) is 41.0 Å². The smallest absolute Gasteiger partial charge is 0.246 e. The number of carbonyl (C=O) groups excluding carboxylic acids is 1. The van der Waals surface area contributed by atoms with Crippen molar-refractivity contribution in [3.8, 4) is 16.9 Å². The zero-order valence-electron chi connectivity index (χ0n) is 20.5. The molecule has 0 radical (unpaired) electrons. The average molecular weight is 434 g/mol. The van der Waals surface area contributed by atoms with Crippen LogP contribution in [0.3, 0.4) is 0 Å². The molecule has 0 saturated heterocycles. The van der Waals surface area contributed by atoms with Gasteiger partial charge in [-0.2, -0.15) is 0 Å². The number of amides is 1. The molecule has 0 aliphatic heterocycles. The van der Waals surface area contributed by atoms with Crippen LogP contribution in [0, 0.1) is 20.8 Å². The summed E-state index contributed by atoms with van der Waals surface area (Å²) in [6, 6.07) is 8.56. The lowest BCUT2D eigenvalue weighted by Crippen LogP contribution is -2.31. The van der Waals surface area contributed by atoms with Crippen molar-refractivity contribution < 1.29 is 13.9 Å². The van der Waals surface area contributed by atoms with E-state index in [0.29, 0.717) is 0 Å². The number of aryl methyl sites for hydroxylation is 3. The SMILES string of the molecule is CCCN(CCC)C(=O)/C=C(\C)c1cc2c(-c3ccc(C)cc3C)coc2c(C)c1OC. The molecule has 1 amide bonds. The molecule has 170 valence electrons. The van der Waals surface area contributed by atoms with Gasteiger partial charge in [-0.25, -0.2) is 0 Å². The van der Waals surface area contributed by atoms with E-state index in [1.807, 2.05) is 25.0 Å². The van der Waals surface area contributed by atoms with Gasteiger partial charge in [0.2, 0.25) is 5.91 Å². The van der Waals surface area contributed by atoms with Gasteiger partial charge in [0.25, 0.3) is 0 Å². The van der Waals surface area contributed by atoms with E-state index in [4.69, 9.17) is 9.15 Å². The van der Waals surface area contributed by atoms with E-state index in [1.54, 1.807) is 13.2 Å². The second-order valence-electron chi connectivity index (χ2n) is 8.58. The topological polar surface area (TPSA) is 42.7 Å². The maximum atomic E-state index is 13.0. The van der Waals surface area contributed by atoms with Gasteiger partial charge in [0.1, 0.15) is 11.3 Å². The Morgan fingerprint density at radius 2 is 1.75 bits per heavy atom. The summed E-state index contributed by atoms with van der Waals surface area (Å²) in [6.07, 6.45) is 5.46. The quantitative estimate of drug-likeness (QED) is 0.356. The number of fused-ring (bicyclic) bond motifs is 1. The third kappa shape index (κ3) is 4.59. The van der Waals surface area contributed by atoms with E-state index < -0.39 is 0 Å². The minimum absolute atomic E-state index is 0.0489. The maximum Gasteiger partial charge on any atom is 0.246 e. The standard InChI is InChI=1S/C28H35NO3/c1-8-12-29(13-9-2)26(30)15-20(5)23-16-24-25(22-11-10-18(3)14-19(22)4)17-32-28(24)21(6)27(23)31-7/h10-11,14-17H,8-9,12-13H2,1-7H3/b20-15+. The zero-order valence-corrected chi connectivity index (χ0v) is 20.5. The Morgan fingerprint density at radius 3 is 2.34 bits per heavy atom. The van der Waals surface area contributed by atoms with Crippen molar-refractivity contribution >= 4 is 22.4 Å². The molecule has 3 rings (SSSR count). The summed E-state index contributed by atoms with van der Waals surface area (Å²) in [5.41, 5.74) is 8.22. The van der Waals surface area contributed by atoms with Crippen molar-refractivity contribution in [2.75, 3.05) is 20.2 Å². The first kappa shape index (κ1) is 23.6. The fourth-order valence-corrected chi connectivity index (χ4v) is 4.42. The van der Waals surface area contributed by atoms with E-state index in [0.717, 1.165) is 70.5 Å². The molecule has 0 atom stereocenters. The Labute approximate surface area is 191 Å². The van der Waals surface area contributed by atoms with E-state index >= 15 is 0 Å². The second kappa shape index (κ2) is 10.1. The van der Waals surface area contributed by atoms with Crippen molar-refractivity contribution in [3.05, 3.63) is 58.9 Å². The predicted octanol–water partition coefficient (Wildman–Crippen LogP) is 7.09. The fraction of sp³-hybridized carbons (Fsp3) is 0.393. The molecule has 1 heterocycles. The highest BCUT2D eigenvalue weighted by Gasteiger charge is 2.20. The second-order valence-corrected chi connectivity index (χ2v) is 8.58. The highest BCUT2D eigenvalue weighted by atomic mass is 16.5. The summed E-state index contributed by atoms with van der Waals surface area (Å²) >= 11 is 0. The van der Waals surface area contributed by atoms with Gasteiger partial charge in [0.05, 0.1) is 13.4 Å². The van der Waals surface area contributed by atoms with Gasteiger partial charge < -0.3 is 14.1 Å². The van der Waals surface area contributed by atoms with E-state index in [2.05, 4.69) is 52.0 Å². The third-order valence-electron chi connectivity index (χ3n) is 5.98. The van der Waals surface area contributed by atoms with Gasteiger partial charge in [-0.15, -0.1) is 0 Å². The molecule has 0 fully saturated rings. The van der Waals surface area contributed by atoms with Crippen molar-refractivity contribution in [3.63, 3.8) is 0 Å². The lowest BCUT2D eigenvalue weighted by Gasteiger charge is -2.20. The first-order valence-electron chi connectivity index (χ1n) is 11.5. The van der Waals surface area contributed by atoms with Crippen LogP contribution in [-0.4, -0.2) is 31.0 Å². The molecule has 1 aromatic heterocycles. The molecular formula is C28H35NO3. The first-order valence-corrected chi connectivity index (χ1v) is 11.5. The van der Waals surface area contributed by atoms with Crippen molar-refractivity contribution in [1.82, 2.24) is 4.90 Å². The van der Waals surface area contributed by atoms with E-state index in [9.17, 15) is 4.79 Å². The zero-order chi connectivity index (χ0) is 23.4. The maximum absolute atomic E-state index is 13.0. The Balaban J connectivity index is 2.15. The fourth-order valence-electron chi connectivity index (χ4n) is 4.42. The molecule has 2 aromatic carbocycles. The summed E-state index contributed by atoms with van der Waals surface area (Å²) in [5.74, 6) is 0.797. The number of carbonyl (C=O) groups is 1. The Kier molecular flexibility index (Phi) is 7.44. The van der Waals surface area contributed by atoms with Gasteiger partial charge in [-0.1, -0.05) is 37.6 Å². The number of nitrogens with zero attached hydrogens (tertiary/aromatic N) is 1. The predicted molar refractivity (Wildman–Crippen MR) is 133 cm³/mol. The number of allylic oxidation sites excluding steroid dienone is 1. The van der Waals surface area contributed by atoms with Gasteiger partial charge in [0.15, 0.2) is 0 Å². The molecule has 0 saturated carbocycles. The molecule has 0 aliphatic rings. The minimum atomic E-state index is 0.0489. The summed E-state index contributed by atoms with van der Waals surface area (Å²) in [7, 11) is 1.67. The van der Waals surface area contributed by atoms with Crippen LogP contribution in [0.4, 0.5) is 0 Å². The molecule has 0 aliphatic carbocycles. The van der Waals surface area contributed by atoms with Crippen LogP contribution in [0.25, 0.3) is 27.7 Å². The normalized spacial score (nSPS) is 11.8. The van der Waals surface area contributed by atoms with Crippen LogP contribution in [0.1, 0.15) is 55.9 Å². The molecule has 0 unspecified atom stereocenters. The van der Waals surface area contributed by atoms with Crippen molar-refractivity contribution in [2.45, 2.75) is 54.4 Å². The van der Waals surface area contributed by atoms with Gasteiger partial charge in [-0.3, -0.25) is 4.79 Å². The molecule has 32 heavy (non-hydrogen) atoms. The number of rotatable bonds is 8. The van der Waals surface area contributed by atoms with Crippen LogP contribution in [0.2, 0.25) is 0 Å². The summed E-state index contributed by atoms with van der Waals surface area (Å²) in [4.78, 5) is 14.9. The van der Waals surface area contributed by atoms with Gasteiger partial charge in [0, 0.05) is 41.2 Å². The lowest BCUT2D eigenvalue weighted by molar-refractivity contribution is -0.126. The molecule has 0 spiro atoms. The van der Waals surface area contributed by atoms with E-state index in [-0.39, 0.29) is 5.91 Å². The van der Waals surface area contributed by atoms with Crippen LogP contribution < -0.4 is 4.74 Å². The molecule has 0 N–H and O–H groups in total. The number of furan rings is 1. The molecule has 0 bridgehead atoms. The molecular weight excluding hydrogens is 398 g/mol. The molecule has 4 heteroatoms. The van der Waals surface area contributed by atoms with Crippen molar-refractivity contribution in [1.29, 1.82) is 0 Å². The largest absolute Gasteiger partial charge is 0.496 e. The number of hydrogen-bond acceptors (Lipinski definition) is 3. The Morgan fingerprint density at radius 1 is 1.06 bits per heavy atom. The third-order valence-corrected chi connectivity index (χ3v) is 5.98. The summed E-state index contributed by atoms with van der Waals surface area (Å²) in [6.45, 7) is 13.9.